The fourth-order valence-electron chi connectivity index (χ4n) is 2.82. The zero-order valence-electron chi connectivity index (χ0n) is 10.6. The van der Waals surface area contributed by atoms with Crippen molar-refractivity contribution in [2.24, 2.45) is 0 Å². The lowest BCUT2D eigenvalue weighted by molar-refractivity contribution is -0.0703. The third-order valence-corrected chi connectivity index (χ3v) is 5.08. The Labute approximate surface area is 113 Å². The van der Waals surface area contributed by atoms with Crippen molar-refractivity contribution in [3.8, 4) is 0 Å². The van der Waals surface area contributed by atoms with Crippen molar-refractivity contribution in [3.05, 3.63) is 30.1 Å². The van der Waals surface area contributed by atoms with Crippen LogP contribution in [0, 0.1) is 0 Å². The number of pyridine rings is 1. The van der Waals surface area contributed by atoms with Crippen LogP contribution in [0.3, 0.4) is 0 Å². The Hall–Kier alpha value is -0.580. The molecule has 1 aromatic heterocycles. The summed E-state index contributed by atoms with van der Waals surface area (Å²) in [5.41, 5.74) is 1.30. The summed E-state index contributed by atoms with van der Waals surface area (Å²) in [5, 5.41) is 3.64. The van der Waals surface area contributed by atoms with Gasteiger partial charge in [0, 0.05) is 31.1 Å². The molecule has 1 spiro atoms. The molecule has 0 aliphatic carbocycles. The normalized spacial score (nSPS) is 31.9. The van der Waals surface area contributed by atoms with Crippen molar-refractivity contribution < 1.29 is 4.74 Å². The third-order valence-electron chi connectivity index (χ3n) is 3.86. The summed E-state index contributed by atoms with van der Waals surface area (Å²) in [4.78, 5) is 4.35. The molecule has 0 bridgehead atoms. The minimum atomic E-state index is 0.171. The van der Waals surface area contributed by atoms with E-state index in [1.54, 1.807) is 0 Å². The first-order valence-corrected chi connectivity index (χ1v) is 7.87. The van der Waals surface area contributed by atoms with Gasteiger partial charge in [0.25, 0.3) is 0 Å². The van der Waals surface area contributed by atoms with Crippen LogP contribution in [0.4, 0.5) is 0 Å². The Morgan fingerprint density at radius 3 is 3.28 bits per heavy atom. The first-order valence-electron chi connectivity index (χ1n) is 6.71. The van der Waals surface area contributed by atoms with Crippen molar-refractivity contribution >= 4 is 11.8 Å². The van der Waals surface area contributed by atoms with Crippen molar-refractivity contribution in [3.63, 3.8) is 0 Å². The summed E-state index contributed by atoms with van der Waals surface area (Å²) < 4.78 is 6.03. The van der Waals surface area contributed by atoms with Crippen LogP contribution < -0.4 is 5.32 Å². The van der Waals surface area contributed by atoms with Gasteiger partial charge in [-0.05, 0) is 37.1 Å². The second kappa shape index (κ2) is 5.59. The largest absolute Gasteiger partial charge is 0.374 e. The highest BCUT2D eigenvalue weighted by molar-refractivity contribution is 7.99. The van der Waals surface area contributed by atoms with Gasteiger partial charge in [0.05, 0.1) is 11.3 Å². The van der Waals surface area contributed by atoms with E-state index in [0.29, 0.717) is 6.04 Å². The number of nitrogens with one attached hydrogen (secondary N) is 1. The average Bonchev–Trinajstić information content (AvgIpc) is 2.86. The molecule has 18 heavy (non-hydrogen) atoms. The molecule has 3 heterocycles. The molecule has 3 nitrogen and oxygen atoms in total. The summed E-state index contributed by atoms with van der Waals surface area (Å²) >= 11 is 2.03. The molecule has 0 aromatic carbocycles. The smallest absolute Gasteiger partial charge is 0.0795 e. The van der Waals surface area contributed by atoms with E-state index in [4.69, 9.17) is 4.74 Å². The van der Waals surface area contributed by atoms with Gasteiger partial charge in [0.1, 0.15) is 0 Å². The Morgan fingerprint density at radius 1 is 1.50 bits per heavy atom. The third kappa shape index (κ3) is 2.87. The zero-order valence-corrected chi connectivity index (χ0v) is 11.4. The lowest BCUT2D eigenvalue weighted by atomic mass is 9.90. The van der Waals surface area contributed by atoms with E-state index in [9.17, 15) is 0 Å². The SMILES string of the molecule is c1ccc(CNC2CCOC3(CCSC3)C2)nc1. The van der Waals surface area contributed by atoms with E-state index in [0.717, 1.165) is 31.7 Å². The Balaban J connectivity index is 1.54. The average molecular weight is 264 g/mol. The molecule has 0 saturated carbocycles. The lowest BCUT2D eigenvalue weighted by Crippen LogP contribution is -2.47. The second-order valence-electron chi connectivity index (χ2n) is 5.23. The van der Waals surface area contributed by atoms with Crippen LogP contribution in [0.5, 0.6) is 0 Å². The predicted molar refractivity (Wildman–Crippen MR) is 74.7 cm³/mol. The summed E-state index contributed by atoms with van der Waals surface area (Å²) in [6.45, 7) is 1.77. The Kier molecular flexibility index (Phi) is 3.87. The van der Waals surface area contributed by atoms with Crippen molar-refractivity contribution in [1.29, 1.82) is 0 Å². The van der Waals surface area contributed by atoms with Crippen LogP contribution in [-0.2, 0) is 11.3 Å². The van der Waals surface area contributed by atoms with Gasteiger partial charge in [-0.2, -0.15) is 11.8 Å². The Morgan fingerprint density at radius 2 is 2.50 bits per heavy atom. The van der Waals surface area contributed by atoms with Crippen molar-refractivity contribution in [1.82, 2.24) is 10.3 Å². The molecule has 0 radical (unpaired) electrons. The minimum absolute atomic E-state index is 0.171. The fourth-order valence-corrected chi connectivity index (χ4v) is 4.20. The van der Waals surface area contributed by atoms with Gasteiger partial charge in [-0.25, -0.2) is 0 Å². The second-order valence-corrected chi connectivity index (χ2v) is 6.33. The van der Waals surface area contributed by atoms with Gasteiger partial charge in [0.2, 0.25) is 0 Å². The van der Waals surface area contributed by atoms with Crippen LogP contribution in [0.25, 0.3) is 0 Å². The maximum Gasteiger partial charge on any atom is 0.0795 e. The molecule has 4 heteroatoms. The number of rotatable bonds is 3. The van der Waals surface area contributed by atoms with E-state index < -0.39 is 0 Å². The van der Waals surface area contributed by atoms with Crippen LogP contribution in [0.2, 0.25) is 0 Å². The van der Waals surface area contributed by atoms with Crippen LogP contribution in [-0.4, -0.2) is 34.7 Å². The molecule has 2 atom stereocenters. The number of hydrogen-bond donors (Lipinski definition) is 1. The molecule has 2 unspecified atom stereocenters. The number of ether oxygens (including phenoxy) is 1. The monoisotopic (exact) mass is 264 g/mol. The lowest BCUT2D eigenvalue weighted by Gasteiger charge is -2.38. The van der Waals surface area contributed by atoms with Gasteiger partial charge in [-0.3, -0.25) is 4.98 Å². The van der Waals surface area contributed by atoms with Crippen LogP contribution in [0.15, 0.2) is 24.4 Å². The topological polar surface area (TPSA) is 34.1 Å². The molecule has 3 rings (SSSR count). The number of hydrogen-bond acceptors (Lipinski definition) is 4. The van der Waals surface area contributed by atoms with Gasteiger partial charge >= 0.3 is 0 Å². The molecular weight excluding hydrogens is 244 g/mol. The molecule has 1 aromatic rings. The van der Waals surface area contributed by atoms with Gasteiger partial charge in [-0.15, -0.1) is 0 Å². The number of aromatic nitrogens is 1. The highest BCUT2D eigenvalue weighted by Crippen LogP contribution is 2.38. The van der Waals surface area contributed by atoms with Crippen LogP contribution >= 0.6 is 11.8 Å². The van der Waals surface area contributed by atoms with E-state index in [-0.39, 0.29) is 5.60 Å². The highest BCUT2D eigenvalue weighted by atomic mass is 32.2. The van der Waals surface area contributed by atoms with Gasteiger partial charge < -0.3 is 10.1 Å². The first-order chi connectivity index (χ1) is 8.86. The quantitative estimate of drug-likeness (QED) is 0.908. The summed E-state index contributed by atoms with van der Waals surface area (Å²) in [5.74, 6) is 2.43. The minimum Gasteiger partial charge on any atom is -0.374 e. The molecule has 0 amide bonds. The van der Waals surface area contributed by atoms with Crippen molar-refractivity contribution in [2.45, 2.75) is 37.5 Å². The molecule has 2 saturated heterocycles. The van der Waals surface area contributed by atoms with E-state index in [1.165, 1.54) is 17.9 Å². The summed E-state index contributed by atoms with van der Waals surface area (Å²) in [7, 11) is 0. The maximum absolute atomic E-state index is 6.03. The zero-order chi connectivity index (χ0) is 12.3. The van der Waals surface area contributed by atoms with E-state index >= 15 is 0 Å². The van der Waals surface area contributed by atoms with Gasteiger partial charge in [0.15, 0.2) is 0 Å². The van der Waals surface area contributed by atoms with E-state index in [1.807, 2.05) is 30.1 Å². The standard InChI is InChI=1S/C14H20N2OS/c1-2-6-15-13(3-1)10-16-12-4-7-17-14(9-12)5-8-18-11-14/h1-3,6,12,16H,4-5,7-11H2. The van der Waals surface area contributed by atoms with Crippen molar-refractivity contribution in [2.75, 3.05) is 18.1 Å². The Bertz CT molecular complexity index is 379. The molecule has 98 valence electrons. The van der Waals surface area contributed by atoms with Gasteiger partial charge in [-0.1, -0.05) is 6.07 Å². The number of thioether (sulfide) groups is 1. The van der Waals surface area contributed by atoms with E-state index in [2.05, 4.69) is 16.4 Å². The molecule has 2 fully saturated rings. The number of nitrogens with zero attached hydrogens (tertiary/aromatic N) is 1. The first kappa shape index (κ1) is 12.5. The summed E-state index contributed by atoms with van der Waals surface area (Å²) in [6, 6.07) is 6.67. The van der Waals surface area contributed by atoms with Crippen LogP contribution in [0.1, 0.15) is 25.0 Å². The predicted octanol–water partition coefficient (Wildman–Crippen LogP) is 2.23. The molecule has 1 N–H and O–H groups in total. The fraction of sp³-hybridized carbons (Fsp3) is 0.643. The molecular formula is C14H20N2OS. The summed E-state index contributed by atoms with van der Waals surface area (Å²) in [6.07, 6.45) is 5.36. The highest BCUT2D eigenvalue weighted by Gasteiger charge is 2.40. The maximum atomic E-state index is 6.03. The molecule has 2 aliphatic heterocycles. The molecule has 2 aliphatic rings.